The van der Waals surface area contributed by atoms with E-state index in [0.717, 1.165) is 56.7 Å². The minimum Gasteiger partial charge on any atom is -0.483 e. The van der Waals surface area contributed by atoms with Crippen LogP contribution in [-0.2, 0) is 26.3 Å². The molecule has 9 heteroatoms. The minimum absolute atomic E-state index is 0.130. The number of rotatable bonds is 2. The summed E-state index contributed by atoms with van der Waals surface area (Å²) in [6.45, 7) is 5.52. The molecule has 0 saturated carbocycles. The highest BCUT2D eigenvalue weighted by Gasteiger charge is 2.43. The Morgan fingerprint density at radius 3 is 2.57 bits per heavy atom. The van der Waals surface area contributed by atoms with Gasteiger partial charge in [-0.3, -0.25) is 14.4 Å². The van der Waals surface area contributed by atoms with Crippen molar-refractivity contribution >= 4 is 29.6 Å². The number of likely N-dealkylation sites (tertiary alicyclic amines) is 2. The van der Waals surface area contributed by atoms with Crippen LogP contribution in [-0.4, -0.2) is 91.0 Å². The largest absolute Gasteiger partial charge is 0.483 e. The smallest absolute Gasteiger partial charge is 0.290 e. The lowest BCUT2D eigenvalue weighted by Gasteiger charge is -2.43. The van der Waals surface area contributed by atoms with E-state index in [2.05, 4.69) is 18.0 Å². The Kier molecular flexibility index (Phi) is 7.15. The van der Waals surface area contributed by atoms with Crippen molar-refractivity contribution in [2.45, 2.75) is 44.2 Å². The molecule has 4 rings (SSSR count). The Bertz CT molecular complexity index is 788. The van der Waals surface area contributed by atoms with Crippen LogP contribution in [0.4, 0.5) is 0 Å². The van der Waals surface area contributed by atoms with Crippen LogP contribution in [0.25, 0.3) is 0 Å². The number of ether oxygens (including phenoxy) is 1. The maximum Gasteiger partial charge on any atom is 0.290 e. The van der Waals surface area contributed by atoms with Crippen molar-refractivity contribution in [2.75, 3.05) is 46.9 Å². The molecule has 1 unspecified atom stereocenters. The molecule has 2 fully saturated rings. The molecule has 2 amide bonds. The minimum atomic E-state index is -0.319. The van der Waals surface area contributed by atoms with E-state index >= 15 is 0 Å². The van der Waals surface area contributed by atoms with Gasteiger partial charge in [-0.15, -0.1) is 11.3 Å². The Balaban J connectivity index is 0.000000806. The van der Waals surface area contributed by atoms with Crippen molar-refractivity contribution in [3.8, 4) is 0 Å². The summed E-state index contributed by atoms with van der Waals surface area (Å²) in [4.78, 5) is 41.3. The predicted molar refractivity (Wildman–Crippen MR) is 114 cm³/mol. The molecular weight excluding hydrogens is 406 g/mol. The van der Waals surface area contributed by atoms with E-state index in [4.69, 9.17) is 14.6 Å². The number of hydrogen-bond acceptors (Lipinski definition) is 6. The molecule has 4 heterocycles. The van der Waals surface area contributed by atoms with E-state index < -0.39 is 0 Å². The van der Waals surface area contributed by atoms with Crippen molar-refractivity contribution in [3.05, 3.63) is 21.4 Å². The third kappa shape index (κ3) is 4.53. The molecule has 166 valence electrons. The lowest BCUT2D eigenvalue weighted by atomic mass is 9.82. The molecular formula is C21H31N3O5S. The number of amides is 2. The number of thiophene rings is 1. The van der Waals surface area contributed by atoms with Gasteiger partial charge in [-0.25, -0.2) is 0 Å². The van der Waals surface area contributed by atoms with Crippen LogP contribution in [0.1, 0.15) is 46.3 Å². The molecule has 3 aliphatic rings. The van der Waals surface area contributed by atoms with Crippen LogP contribution in [0.2, 0.25) is 0 Å². The van der Waals surface area contributed by atoms with Crippen LogP contribution < -0.4 is 0 Å². The third-order valence-electron chi connectivity index (χ3n) is 6.47. The number of likely N-dealkylation sites (N-methyl/N-ethyl adjacent to an activating group) is 2. The monoisotopic (exact) mass is 437 g/mol. The second-order valence-corrected chi connectivity index (χ2v) is 9.41. The number of fused-ring (bicyclic) bond motifs is 2. The van der Waals surface area contributed by atoms with Gasteiger partial charge in [0.25, 0.3) is 12.4 Å². The molecule has 3 aliphatic heterocycles. The Labute approximate surface area is 181 Å². The summed E-state index contributed by atoms with van der Waals surface area (Å²) in [5.74, 6) is 0.260. The summed E-state index contributed by atoms with van der Waals surface area (Å²) < 4.78 is 6.27. The molecule has 1 spiro atoms. The maximum absolute atomic E-state index is 13.1. The number of carbonyl (C=O) groups is 3. The van der Waals surface area contributed by atoms with Crippen LogP contribution >= 0.6 is 11.3 Å². The number of carboxylic acid groups (broad SMARTS) is 1. The zero-order chi connectivity index (χ0) is 21.9. The summed E-state index contributed by atoms with van der Waals surface area (Å²) >= 11 is 1.64. The normalized spacial score (nSPS) is 22.8. The molecule has 30 heavy (non-hydrogen) atoms. The highest BCUT2D eigenvalue weighted by atomic mass is 32.1. The van der Waals surface area contributed by atoms with Gasteiger partial charge < -0.3 is 24.5 Å². The van der Waals surface area contributed by atoms with Crippen LogP contribution in [0.3, 0.4) is 0 Å². The van der Waals surface area contributed by atoms with Gasteiger partial charge in [0.05, 0.1) is 17.1 Å². The highest BCUT2D eigenvalue weighted by molar-refractivity contribution is 7.14. The van der Waals surface area contributed by atoms with Gasteiger partial charge >= 0.3 is 0 Å². The summed E-state index contributed by atoms with van der Waals surface area (Å²) in [6.07, 6.45) is 3.54. The number of carbonyl (C=O) groups excluding carboxylic acids is 2. The van der Waals surface area contributed by atoms with E-state index in [1.54, 1.807) is 18.3 Å². The first-order valence-electron chi connectivity index (χ1n) is 10.4. The van der Waals surface area contributed by atoms with Gasteiger partial charge in [-0.2, -0.15) is 0 Å². The van der Waals surface area contributed by atoms with E-state index in [1.807, 2.05) is 16.8 Å². The predicted octanol–water partition coefficient (Wildman–Crippen LogP) is 1.64. The zero-order valence-corrected chi connectivity index (χ0v) is 18.7. The summed E-state index contributed by atoms with van der Waals surface area (Å²) in [5, 5.41) is 6.89. The van der Waals surface area contributed by atoms with Gasteiger partial charge in [0.15, 0.2) is 0 Å². The topological polar surface area (TPSA) is 90.4 Å². The van der Waals surface area contributed by atoms with Crippen LogP contribution in [0, 0.1) is 0 Å². The lowest BCUT2D eigenvalue weighted by molar-refractivity contribution is -0.138. The standard InChI is InChI=1S/C20H29N3O3S.CH2O2/c1-14(24)23-9-6-20(7-10-23)16-12-18(27-17(16)5-11-26-20)19(25)22(3)15-4-8-21(2)13-15;2-1-3/h12,15H,4-11,13H2,1-3H3;1H,(H,2,3). The fraction of sp³-hybridized carbons (Fsp3) is 0.667. The van der Waals surface area contributed by atoms with Gasteiger partial charge in [0, 0.05) is 50.9 Å². The van der Waals surface area contributed by atoms with Crippen molar-refractivity contribution in [2.24, 2.45) is 0 Å². The van der Waals surface area contributed by atoms with Gasteiger partial charge in [0.1, 0.15) is 0 Å². The second kappa shape index (κ2) is 9.45. The summed E-state index contributed by atoms with van der Waals surface area (Å²) in [5.41, 5.74) is 0.878. The fourth-order valence-corrected chi connectivity index (χ4v) is 5.90. The van der Waals surface area contributed by atoms with Gasteiger partial charge in [-0.1, -0.05) is 0 Å². The first kappa shape index (κ1) is 22.7. The fourth-order valence-electron chi connectivity index (χ4n) is 4.69. The number of nitrogens with zero attached hydrogens (tertiary/aromatic N) is 3. The zero-order valence-electron chi connectivity index (χ0n) is 17.9. The third-order valence-corrected chi connectivity index (χ3v) is 7.65. The Morgan fingerprint density at radius 1 is 1.33 bits per heavy atom. The first-order valence-corrected chi connectivity index (χ1v) is 11.2. The molecule has 0 radical (unpaired) electrons. The first-order chi connectivity index (χ1) is 14.3. The van der Waals surface area contributed by atoms with E-state index in [1.165, 1.54) is 10.4 Å². The van der Waals surface area contributed by atoms with Gasteiger partial charge in [0.2, 0.25) is 5.91 Å². The Morgan fingerprint density at radius 2 is 2.00 bits per heavy atom. The second-order valence-electron chi connectivity index (χ2n) is 8.27. The van der Waals surface area contributed by atoms with Crippen molar-refractivity contribution in [3.63, 3.8) is 0 Å². The van der Waals surface area contributed by atoms with E-state index in [0.29, 0.717) is 12.6 Å². The quantitative estimate of drug-likeness (QED) is 0.708. The molecule has 1 atom stereocenters. The molecule has 8 nitrogen and oxygen atoms in total. The highest BCUT2D eigenvalue weighted by Crippen LogP contribution is 2.44. The summed E-state index contributed by atoms with van der Waals surface area (Å²) in [6, 6.07) is 2.38. The van der Waals surface area contributed by atoms with Crippen molar-refractivity contribution in [1.29, 1.82) is 0 Å². The van der Waals surface area contributed by atoms with E-state index in [9.17, 15) is 9.59 Å². The van der Waals surface area contributed by atoms with Crippen molar-refractivity contribution < 1.29 is 24.2 Å². The lowest BCUT2D eigenvalue weighted by Crippen LogP contribution is -2.47. The SMILES string of the molecule is CC(=O)N1CCC2(CC1)OCCc1sc(C(=O)N(C)C3CCN(C)C3)cc12.O=CO. The average Bonchev–Trinajstić information content (AvgIpc) is 3.35. The Hall–Kier alpha value is -1.97. The molecule has 1 aromatic rings. The van der Waals surface area contributed by atoms with Gasteiger partial charge in [-0.05, 0) is 44.5 Å². The molecule has 0 bridgehead atoms. The molecule has 0 aliphatic carbocycles. The van der Waals surface area contributed by atoms with Crippen LogP contribution in [0.5, 0.6) is 0 Å². The molecule has 1 aromatic heterocycles. The van der Waals surface area contributed by atoms with Crippen molar-refractivity contribution in [1.82, 2.24) is 14.7 Å². The number of piperidine rings is 1. The molecule has 2 saturated heterocycles. The average molecular weight is 438 g/mol. The van der Waals surface area contributed by atoms with Crippen LogP contribution in [0.15, 0.2) is 6.07 Å². The summed E-state index contributed by atoms with van der Waals surface area (Å²) in [7, 11) is 4.04. The maximum atomic E-state index is 13.1. The molecule has 0 aromatic carbocycles. The van der Waals surface area contributed by atoms with E-state index in [-0.39, 0.29) is 23.9 Å². The number of hydrogen-bond donors (Lipinski definition) is 1. The molecule has 1 N–H and O–H groups in total.